The maximum Gasteiger partial charge on any atom is 0.256 e. The molecule has 0 unspecified atom stereocenters. The van der Waals surface area contributed by atoms with Gasteiger partial charge in [0.15, 0.2) is 11.5 Å². The first-order valence-corrected chi connectivity index (χ1v) is 9.43. The zero-order valence-electron chi connectivity index (χ0n) is 15.4. The highest BCUT2D eigenvalue weighted by Crippen LogP contribution is 2.30. The van der Waals surface area contributed by atoms with E-state index >= 15 is 0 Å². The summed E-state index contributed by atoms with van der Waals surface area (Å²) in [6.45, 7) is 3.73. The van der Waals surface area contributed by atoms with Crippen LogP contribution in [0.2, 0.25) is 5.15 Å². The lowest BCUT2D eigenvalue weighted by molar-refractivity contribution is 0.0950. The van der Waals surface area contributed by atoms with Crippen molar-refractivity contribution in [1.82, 2.24) is 15.1 Å². The van der Waals surface area contributed by atoms with Crippen molar-refractivity contribution in [2.45, 2.75) is 20.0 Å². The van der Waals surface area contributed by atoms with Crippen LogP contribution in [0.1, 0.15) is 27.2 Å². The molecule has 6 nitrogen and oxygen atoms in total. The molecule has 1 amide bonds. The number of nitrogens with zero attached hydrogens (tertiary/aromatic N) is 2. The summed E-state index contributed by atoms with van der Waals surface area (Å²) in [5.41, 5.74) is 2.98. The number of ether oxygens (including phenoxy) is 2. The van der Waals surface area contributed by atoms with Crippen LogP contribution in [0, 0.1) is 6.92 Å². The Hall–Kier alpha value is -2.99. The number of carbonyl (C=O) groups is 1. The molecule has 1 aliphatic rings. The second kappa shape index (κ2) is 7.94. The summed E-state index contributed by atoms with van der Waals surface area (Å²) in [7, 11) is 0. The standard InChI is InChI=1S/C21H20ClN3O3/c1-14-19(20(22)25(24-14)13-15-5-3-2-4-6-15)21(26)23-12-16-7-8-17-18(11-16)28-10-9-27-17/h2-8,11H,9-10,12-13H2,1H3,(H,23,26). The Labute approximate surface area is 168 Å². The Kier molecular flexibility index (Phi) is 5.21. The number of hydrogen-bond donors (Lipinski definition) is 1. The molecule has 0 saturated heterocycles. The molecule has 0 atom stereocenters. The molecule has 4 rings (SSSR count). The van der Waals surface area contributed by atoms with Crippen LogP contribution in [0.5, 0.6) is 11.5 Å². The molecule has 0 saturated carbocycles. The average Bonchev–Trinajstić information content (AvgIpc) is 3.00. The lowest BCUT2D eigenvalue weighted by Crippen LogP contribution is -2.24. The van der Waals surface area contributed by atoms with Crippen molar-refractivity contribution in [3.05, 3.63) is 76.1 Å². The molecule has 2 heterocycles. The van der Waals surface area contributed by atoms with Gasteiger partial charge in [0, 0.05) is 6.54 Å². The summed E-state index contributed by atoms with van der Waals surface area (Å²) in [6, 6.07) is 15.5. The molecule has 7 heteroatoms. The Morgan fingerprint density at radius 3 is 2.64 bits per heavy atom. The summed E-state index contributed by atoms with van der Waals surface area (Å²) < 4.78 is 12.7. The van der Waals surface area contributed by atoms with E-state index in [1.165, 1.54) is 0 Å². The van der Waals surface area contributed by atoms with E-state index < -0.39 is 0 Å². The SMILES string of the molecule is Cc1nn(Cc2ccccc2)c(Cl)c1C(=O)NCc1ccc2c(c1)OCCO2. The van der Waals surface area contributed by atoms with Crippen LogP contribution in [0.25, 0.3) is 0 Å². The Balaban J connectivity index is 1.46. The largest absolute Gasteiger partial charge is 0.486 e. The highest BCUT2D eigenvalue weighted by atomic mass is 35.5. The fraction of sp³-hybridized carbons (Fsp3) is 0.238. The summed E-state index contributed by atoms with van der Waals surface area (Å²) in [6.07, 6.45) is 0. The quantitative estimate of drug-likeness (QED) is 0.714. The van der Waals surface area contributed by atoms with E-state index in [1.54, 1.807) is 11.6 Å². The van der Waals surface area contributed by atoms with Crippen molar-refractivity contribution in [3.8, 4) is 11.5 Å². The molecule has 144 valence electrons. The van der Waals surface area contributed by atoms with Crippen LogP contribution >= 0.6 is 11.6 Å². The number of amides is 1. The number of hydrogen-bond acceptors (Lipinski definition) is 4. The van der Waals surface area contributed by atoms with E-state index in [0.29, 0.717) is 48.5 Å². The summed E-state index contributed by atoms with van der Waals surface area (Å²) in [5, 5.41) is 7.67. The molecule has 0 radical (unpaired) electrons. The van der Waals surface area contributed by atoms with E-state index in [4.69, 9.17) is 21.1 Å². The smallest absolute Gasteiger partial charge is 0.256 e. The Bertz CT molecular complexity index is 1000. The van der Waals surface area contributed by atoms with E-state index in [9.17, 15) is 4.79 Å². The topological polar surface area (TPSA) is 65.4 Å². The van der Waals surface area contributed by atoms with Crippen LogP contribution in [-0.2, 0) is 13.1 Å². The minimum absolute atomic E-state index is 0.253. The van der Waals surface area contributed by atoms with Gasteiger partial charge in [-0.05, 0) is 30.2 Å². The average molecular weight is 398 g/mol. The molecule has 1 aliphatic heterocycles. The van der Waals surface area contributed by atoms with Crippen LogP contribution < -0.4 is 14.8 Å². The fourth-order valence-electron chi connectivity index (χ4n) is 3.14. The highest BCUT2D eigenvalue weighted by Gasteiger charge is 2.20. The molecule has 1 N–H and O–H groups in total. The number of nitrogens with one attached hydrogen (secondary N) is 1. The van der Waals surface area contributed by atoms with E-state index in [1.807, 2.05) is 48.5 Å². The van der Waals surface area contributed by atoms with Gasteiger partial charge in [-0.25, -0.2) is 4.68 Å². The first kappa shape index (κ1) is 18.4. The van der Waals surface area contributed by atoms with Crippen LogP contribution in [0.3, 0.4) is 0 Å². The number of rotatable bonds is 5. The van der Waals surface area contributed by atoms with Gasteiger partial charge in [-0.2, -0.15) is 5.10 Å². The molecular weight excluding hydrogens is 378 g/mol. The van der Waals surface area contributed by atoms with Crippen LogP contribution in [0.15, 0.2) is 48.5 Å². The molecule has 28 heavy (non-hydrogen) atoms. The maximum atomic E-state index is 12.7. The van der Waals surface area contributed by atoms with E-state index in [0.717, 1.165) is 16.9 Å². The van der Waals surface area contributed by atoms with Gasteiger partial charge < -0.3 is 14.8 Å². The van der Waals surface area contributed by atoms with Gasteiger partial charge in [0.2, 0.25) is 0 Å². The lowest BCUT2D eigenvalue weighted by atomic mass is 10.2. The number of aromatic nitrogens is 2. The first-order valence-electron chi connectivity index (χ1n) is 9.05. The number of halogens is 1. The predicted molar refractivity (Wildman–Crippen MR) is 106 cm³/mol. The minimum Gasteiger partial charge on any atom is -0.486 e. The predicted octanol–water partition coefficient (Wildman–Crippen LogP) is 3.59. The van der Waals surface area contributed by atoms with Crippen molar-refractivity contribution in [3.63, 3.8) is 0 Å². The number of benzene rings is 2. The van der Waals surface area contributed by atoms with Crippen molar-refractivity contribution in [1.29, 1.82) is 0 Å². The fourth-order valence-corrected chi connectivity index (χ4v) is 3.46. The lowest BCUT2D eigenvalue weighted by Gasteiger charge is -2.19. The number of aryl methyl sites for hydroxylation is 1. The first-order chi connectivity index (χ1) is 13.6. The van der Waals surface area contributed by atoms with Gasteiger partial charge in [0.25, 0.3) is 5.91 Å². The summed E-state index contributed by atoms with van der Waals surface area (Å²) in [5.74, 6) is 1.17. The van der Waals surface area contributed by atoms with Gasteiger partial charge >= 0.3 is 0 Å². The normalized spacial score (nSPS) is 12.6. The molecule has 3 aromatic rings. The molecule has 0 bridgehead atoms. The van der Waals surface area contributed by atoms with E-state index in [-0.39, 0.29) is 5.91 Å². The van der Waals surface area contributed by atoms with Gasteiger partial charge in [-0.15, -0.1) is 0 Å². The zero-order valence-corrected chi connectivity index (χ0v) is 16.2. The number of fused-ring (bicyclic) bond motifs is 1. The van der Waals surface area contributed by atoms with Crippen molar-refractivity contribution in [2.24, 2.45) is 0 Å². The third-order valence-corrected chi connectivity index (χ3v) is 4.91. The van der Waals surface area contributed by atoms with Crippen molar-refractivity contribution < 1.29 is 14.3 Å². The van der Waals surface area contributed by atoms with Crippen LogP contribution in [-0.4, -0.2) is 28.9 Å². The van der Waals surface area contributed by atoms with Gasteiger partial charge in [-0.1, -0.05) is 48.0 Å². The van der Waals surface area contributed by atoms with Gasteiger partial charge in [-0.3, -0.25) is 4.79 Å². The van der Waals surface area contributed by atoms with Gasteiger partial charge in [0.1, 0.15) is 18.4 Å². The monoisotopic (exact) mass is 397 g/mol. The summed E-state index contributed by atoms with van der Waals surface area (Å²) in [4.78, 5) is 12.7. The Morgan fingerprint density at radius 1 is 1.11 bits per heavy atom. The second-order valence-corrected chi connectivity index (χ2v) is 6.91. The van der Waals surface area contributed by atoms with Crippen LogP contribution in [0.4, 0.5) is 0 Å². The van der Waals surface area contributed by atoms with Crippen molar-refractivity contribution >= 4 is 17.5 Å². The maximum absolute atomic E-state index is 12.7. The molecule has 0 aliphatic carbocycles. The highest BCUT2D eigenvalue weighted by molar-refractivity contribution is 6.33. The van der Waals surface area contributed by atoms with Crippen molar-refractivity contribution in [2.75, 3.05) is 13.2 Å². The molecule has 0 fully saturated rings. The molecular formula is C21H20ClN3O3. The molecule has 2 aromatic carbocycles. The van der Waals surface area contributed by atoms with Gasteiger partial charge in [0.05, 0.1) is 17.8 Å². The van der Waals surface area contributed by atoms with E-state index in [2.05, 4.69) is 10.4 Å². The Morgan fingerprint density at radius 2 is 1.86 bits per heavy atom. The number of carbonyl (C=O) groups excluding carboxylic acids is 1. The summed E-state index contributed by atoms with van der Waals surface area (Å²) >= 11 is 6.45. The minimum atomic E-state index is -0.253. The second-order valence-electron chi connectivity index (χ2n) is 6.56. The molecule has 1 aromatic heterocycles. The third-order valence-electron chi connectivity index (χ3n) is 4.53. The third kappa shape index (κ3) is 3.82. The zero-order chi connectivity index (χ0) is 19.5. The molecule has 0 spiro atoms.